The average molecular weight is 422 g/mol. The number of hydrogen-bond donors (Lipinski definition) is 1. The van der Waals surface area contributed by atoms with Crippen LogP contribution in [0.5, 0.6) is 0 Å². The lowest BCUT2D eigenvalue weighted by Gasteiger charge is -2.39. The second kappa shape index (κ2) is 9.35. The highest BCUT2D eigenvalue weighted by atomic mass is 16.5. The fourth-order valence-corrected chi connectivity index (χ4v) is 4.19. The van der Waals surface area contributed by atoms with Gasteiger partial charge in [-0.3, -0.25) is 0 Å². The monoisotopic (exact) mass is 421 g/mol. The highest BCUT2D eigenvalue weighted by Gasteiger charge is 2.47. The van der Waals surface area contributed by atoms with Gasteiger partial charge in [-0.15, -0.1) is 0 Å². The van der Waals surface area contributed by atoms with E-state index < -0.39 is 5.60 Å². The average Bonchev–Trinajstić information content (AvgIpc) is 3.19. The van der Waals surface area contributed by atoms with Gasteiger partial charge in [-0.2, -0.15) is 0 Å². The summed E-state index contributed by atoms with van der Waals surface area (Å²) in [6, 6.07) is 20.0. The van der Waals surface area contributed by atoms with Gasteiger partial charge in [0, 0.05) is 5.92 Å². The highest BCUT2D eigenvalue weighted by molar-refractivity contribution is 5.30. The van der Waals surface area contributed by atoms with Crippen molar-refractivity contribution in [3.63, 3.8) is 0 Å². The predicted molar refractivity (Wildman–Crippen MR) is 120 cm³/mol. The Labute approximate surface area is 184 Å². The number of nitrogens with zero attached hydrogens (tertiary/aromatic N) is 2. The van der Waals surface area contributed by atoms with Crippen molar-refractivity contribution in [2.45, 2.75) is 38.0 Å². The zero-order chi connectivity index (χ0) is 21.7. The van der Waals surface area contributed by atoms with Crippen LogP contribution in [0.25, 0.3) is 0 Å². The molecule has 1 heterocycles. The Balaban J connectivity index is 1.39. The Kier molecular flexibility index (Phi) is 6.56. The van der Waals surface area contributed by atoms with E-state index in [9.17, 15) is 5.11 Å². The number of hydrogen-bond acceptors (Lipinski definition) is 4. The third-order valence-corrected chi connectivity index (χ3v) is 6.33. The standard InChI is InChI=1S/C26H33N2O3/c1-28(2,16-17-30-20-21-10-5-3-6-11-21)19-24-18-27-25(31-24)26(29,23-14-9-15-23)22-12-7-4-8-13-22/h3-8,10-13,18,23,29H,9,14-17,19-20H2,1-2H3/q+1. The Hall–Kier alpha value is -2.47. The molecule has 0 saturated heterocycles. The third kappa shape index (κ3) is 5.06. The largest absolute Gasteiger partial charge is 0.436 e. The molecule has 0 amide bonds. The molecule has 1 atom stereocenters. The van der Waals surface area contributed by atoms with E-state index in [0.29, 0.717) is 25.6 Å². The number of oxazole rings is 1. The molecule has 0 bridgehead atoms. The molecule has 1 aliphatic rings. The molecule has 1 aromatic heterocycles. The minimum absolute atomic E-state index is 0.148. The predicted octanol–water partition coefficient (Wildman–Crippen LogP) is 4.50. The van der Waals surface area contributed by atoms with Crippen molar-refractivity contribution >= 4 is 0 Å². The Morgan fingerprint density at radius 3 is 2.39 bits per heavy atom. The molecular weight excluding hydrogens is 388 g/mol. The summed E-state index contributed by atoms with van der Waals surface area (Å²) in [6.07, 6.45) is 4.89. The smallest absolute Gasteiger partial charge is 0.231 e. The van der Waals surface area contributed by atoms with Gasteiger partial charge in [-0.25, -0.2) is 4.98 Å². The Morgan fingerprint density at radius 2 is 1.74 bits per heavy atom. The van der Waals surface area contributed by atoms with Gasteiger partial charge in [0.2, 0.25) is 5.89 Å². The van der Waals surface area contributed by atoms with Crippen molar-refractivity contribution in [3.05, 3.63) is 89.6 Å². The van der Waals surface area contributed by atoms with E-state index >= 15 is 0 Å². The van der Waals surface area contributed by atoms with Gasteiger partial charge in [0.05, 0.1) is 33.5 Å². The van der Waals surface area contributed by atoms with Crippen LogP contribution in [0.3, 0.4) is 0 Å². The van der Waals surface area contributed by atoms with Crippen LogP contribution < -0.4 is 0 Å². The molecular formula is C26H33N2O3+. The van der Waals surface area contributed by atoms with Crippen LogP contribution >= 0.6 is 0 Å². The minimum Gasteiger partial charge on any atom is -0.436 e. The van der Waals surface area contributed by atoms with Crippen molar-refractivity contribution < 1.29 is 18.7 Å². The highest BCUT2D eigenvalue weighted by Crippen LogP contribution is 2.46. The molecule has 1 saturated carbocycles. The van der Waals surface area contributed by atoms with Gasteiger partial charge >= 0.3 is 0 Å². The fourth-order valence-electron chi connectivity index (χ4n) is 4.19. The molecule has 1 N–H and O–H groups in total. The zero-order valence-corrected chi connectivity index (χ0v) is 18.5. The maximum absolute atomic E-state index is 11.7. The number of benzene rings is 2. The van der Waals surface area contributed by atoms with E-state index in [1.54, 1.807) is 6.20 Å². The van der Waals surface area contributed by atoms with Gasteiger partial charge < -0.3 is 18.7 Å². The number of rotatable bonds is 10. The van der Waals surface area contributed by atoms with E-state index in [1.807, 2.05) is 48.5 Å². The molecule has 31 heavy (non-hydrogen) atoms. The second-order valence-corrected chi connectivity index (χ2v) is 9.25. The number of quaternary nitrogens is 1. The van der Waals surface area contributed by atoms with Crippen LogP contribution in [0.15, 0.2) is 71.3 Å². The summed E-state index contributed by atoms with van der Waals surface area (Å²) in [4.78, 5) is 4.53. The van der Waals surface area contributed by atoms with Gasteiger partial charge in [0.25, 0.3) is 0 Å². The van der Waals surface area contributed by atoms with E-state index in [0.717, 1.165) is 41.6 Å². The quantitative estimate of drug-likeness (QED) is 0.387. The fraction of sp³-hybridized carbons (Fsp3) is 0.423. The molecule has 1 aliphatic carbocycles. The summed E-state index contributed by atoms with van der Waals surface area (Å²) in [5.41, 5.74) is 0.883. The van der Waals surface area contributed by atoms with Crippen LogP contribution in [-0.4, -0.2) is 41.8 Å². The van der Waals surface area contributed by atoms with Crippen molar-refractivity contribution in [1.82, 2.24) is 4.98 Å². The molecule has 0 aliphatic heterocycles. The number of aliphatic hydroxyl groups is 1. The van der Waals surface area contributed by atoms with Gasteiger partial charge in [-0.1, -0.05) is 67.1 Å². The normalized spacial score (nSPS) is 16.6. The maximum atomic E-state index is 11.7. The molecule has 1 fully saturated rings. The van der Waals surface area contributed by atoms with Gasteiger partial charge in [-0.05, 0) is 24.0 Å². The number of ether oxygens (including phenoxy) is 1. The summed E-state index contributed by atoms with van der Waals surface area (Å²) in [6.45, 7) is 2.84. The lowest BCUT2D eigenvalue weighted by Crippen LogP contribution is -2.41. The van der Waals surface area contributed by atoms with Crippen LogP contribution in [-0.2, 0) is 23.5 Å². The van der Waals surface area contributed by atoms with Crippen molar-refractivity contribution in [2.24, 2.45) is 5.92 Å². The minimum atomic E-state index is -1.16. The van der Waals surface area contributed by atoms with Crippen molar-refractivity contribution in [1.29, 1.82) is 0 Å². The SMILES string of the molecule is C[N+](C)(CCOCc1ccccc1)Cc1cnc(C(O)(c2ccccc2)C2CCC2)o1. The lowest BCUT2D eigenvalue weighted by atomic mass is 9.69. The van der Waals surface area contributed by atoms with Crippen LogP contribution in [0.4, 0.5) is 0 Å². The first-order valence-electron chi connectivity index (χ1n) is 11.1. The first kappa shape index (κ1) is 21.8. The summed E-state index contributed by atoms with van der Waals surface area (Å²) < 4.78 is 12.7. The third-order valence-electron chi connectivity index (χ3n) is 6.33. The summed E-state index contributed by atoms with van der Waals surface area (Å²) >= 11 is 0. The van der Waals surface area contributed by atoms with Gasteiger partial charge in [0.15, 0.2) is 11.4 Å². The van der Waals surface area contributed by atoms with Crippen LogP contribution in [0, 0.1) is 5.92 Å². The van der Waals surface area contributed by atoms with Crippen LogP contribution in [0.1, 0.15) is 42.0 Å². The molecule has 0 spiro atoms. The molecule has 164 valence electrons. The van der Waals surface area contributed by atoms with E-state index in [4.69, 9.17) is 9.15 Å². The molecule has 2 aromatic carbocycles. The Morgan fingerprint density at radius 1 is 1.06 bits per heavy atom. The molecule has 0 radical (unpaired) electrons. The van der Waals surface area contributed by atoms with E-state index in [2.05, 4.69) is 31.2 Å². The molecule has 4 rings (SSSR count). The van der Waals surface area contributed by atoms with Gasteiger partial charge in [0.1, 0.15) is 13.1 Å². The van der Waals surface area contributed by atoms with E-state index in [-0.39, 0.29) is 5.92 Å². The number of likely N-dealkylation sites (N-methyl/N-ethyl adjacent to an activating group) is 1. The first-order valence-corrected chi connectivity index (χ1v) is 11.1. The second-order valence-electron chi connectivity index (χ2n) is 9.25. The molecule has 3 aromatic rings. The summed E-state index contributed by atoms with van der Waals surface area (Å²) in [5.74, 6) is 1.35. The molecule has 5 heteroatoms. The lowest BCUT2D eigenvalue weighted by molar-refractivity contribution is -0.905. The Bertz CT molecular complexity index is 951. The van der Waals surface area contributed by atoms with Crippen LogP contribution in [0.2, 0.25) is 0 Å². The molecule has 1 unspecified atom stereocenters. The topological polar surface area (TPSA) is 55.5 Å². The van der Waals surface area contributed by atoms with E-state index in [1.165, 1.54) is 5.56 Å². The maximum Gasteiger partial charge on any atom is 0.231 e. The molecule has 5 nitrogen and oxygen atoms in total. The van der Waals surface area contributed by atoms with Crippen molar-refractivity contribution in [2.75, 3.05) is 27.2 Å². The summed E-state index contributed by atoms with van der Waals surface area (Å²) in [5, 5.41) is 11.7. The number of aromatic nitrogens is 1. The first-order chi connectivity index (χ1) is 15.0. The van der Waals surface area contributed by atoms with Crippen molar-refractivity contribution in [3.8, 4) is 0 Å². The zero-order valence-electron chi connectivity index (χ0n) is 18.5. The summed E-state index contributed by atoms with van der Waals surface area (Å²) in [7, 11) is 4.31.